The fourth-order valence-corrected chi connectivity index (χ4v) is 2.56. The maximum absolute atomic E-state index is 12.0. The molecule has 0 saturated heterocycles. The summed E-state index contributed by atoms with van der Waals surface area (Å²) in [5.74, 6) is 1.02. The van der Waals surface area contributed by atoms with E-state index < -0.39 is 0 Å². The van der Waals surface area contributed by atoms with E-state index in [9.17, 15) is 4.79 Å². The number of hydrogen-bond acceptors (Lipinski definition) is 1. The predicted octanol–water partition coefficient (Wildman–Crippen LogP) is 4.18. The standard InChI is InChI=1S/C16H22O/c1-12(2)5-3-8-16(17)15-10-9-13-6-4-7-14(13)11-15/h9-12H,3-8H2,1-2H3. The van der Waals surface area contributed by atoms with Crippen molar-refractivity contribution in [2.24, 2.45) is 5.92 Å². The van der Waals surface area contributed by atoms with Crippen LogP contribution in [0, 0.1) is 5.92 Å². The Kier molecular flexibility index (Phi) is 3.98. The van der Waals surface area contributed by atoms with Crippen molar-refractivity contribution in [1.29, 1.82) is 0 Å². The van der Waals surface area contributed by atoms with Gasteiger partial charge in [0.2, 0.25) is 0 Å². The summed E-state index contributed by atoms with van der Waals surface area (Å²) in [7, 11) is 0. The number of aryl methyl sites for hydroxylation is 2. The molecule has 0 aliphatic heterocycles. The van der Waals surface area contributed by atoms with Gasteiger partial charge in [-0.3, -0.25) is 4.79 Å². The molecule has 1 aliphatic carbocycles. The molecule has 0 bridgehead atoms. The molecule has 0 N–H and O–H groups in total. The second-order valence-electron chi connectivity index (χ2n) is 5.55. The zero-order chi connectivity index (χ0) is 12.3. The Morgan fingerprint density at radius 3 is 2.76 bits per heavy atom. The second-order valence-corrected chi connectivity index (χ2v) is 5.55. The Morgan fingerprint density at radius 2 is 2.00 bits per heavy atom. The van der Waals surface area contributed by atoms with Crippen molar-refractivity contribution in [1.82, 2.24) is 0 Å². The average molecular weight is 230 g/mol. The number of carbonyl (C=O) groups is 1. The van der Waals surface area contributed by atoms with Crippen LogP contribution in [-0.2, 0) is 12.8 Å². The van der Waals surface area contributed by atoms with Gasteiger partial charge in [0.1, 0.15) is 0 Å². The zero-order valence-electron chi connectivity index (χ0n) is 11.0. The topological polar surface area (TPSA) is 17.1 Å². The molecule has 0 fully saturated rings. The van der Waals surface area contributed by atoms with Crippen molar-refractivity contribution in [3.63, 3.8) is 0 Å². The quantitative estimate of drug-likeness (QED) is 0.693. The van der Waals surface area contributed by atoms with Crippen molar-refractivity contribution in [2.75, 3.05) is 0 Å². The van der Waals surface area contributed by atoms with Crippen LogP contribution in [0.1, 0.15) is 61.0 Å². The smallest absolute Gasteiger partial charge is 0.162 e. The summed E-state index contributed by atoms with van der Waals surface area (Å²) in [5, 5.41) is 0. The highest BCUT2D eigenvalue weighted by Gasteiger charge is 2.13. The van der Waals surface area contributed by atoms with Gasteiger partial charge in [-0.05, 0) is 48.8 Å². The first-order chi connectivity index (χ1) is 8.16. The van der Waals surface area contributed by atoms with E-state index in [1.54, 1.807) is 0 Å². The summed E-state index contributed by atoms with van der Waals surface area (Å²) in [6, 6.07) is 6.29. The summed E-state index contributed by atoms with van der Waals surface area (Å²) >= 11 is 0. The van der Waals surface area contributed by atoms with Gasteiger partial charge in [-0.25, -0.2) is 0 Å². The summed E-state index contributed by atoms with van der Waals surface area (Å²) in [5.41, 5.74) is 3.78. The van der Waals surface area contributed by atoms with Gasteiger partial charge in [0, 0.05) is 12.0 Å². The minimum absolute atomic E-state index is 0.320. The van der Waals surface area contributed by atoms with Gasteiger partial charge < -0.3 is 0 Å². The van der Waals surface area contributed by atoms with Crippen molar-refractivity contribution >= 4 is 5.78 Å². The van der Waals surface area contributed by atoms with E-state index in [-0.39, 0.29) is 0 Å². The lowest BCUT2D eigenvalue weighted by molar-refractivity contribution is 0.0978. The number of carbonyl (C=O) groups excluding carboxylic acids is 1. The van der Waals surface area contributed by atoms with Gasteiger partial charge >= 0.3 is 0 Å². The number of fused-ring (bicyclic) bond motifs is 1. The minimum Gasteiger partial charge on any atom is -0.294 e. The van der Waals surface area contributed by atoms with Gasteiger partial charge in [-0.1, -0.05) is 32.4 Å². The lowest BCUT2D eigenvalue weighted by Gasteiger charge is -2.06. The van der Waals surface area contributed by atoms with E-state index in [1.165, 1.54) is 24.0 Å². The first-order valence-electron chi connectivity index (χ1n) is 6.82. The molecule has 17 heavy (non-hydrogen) atoms. The normalized spacial score (nSPS) is 14.1. The van der Waals surface area contributed by atoms with Crippen LogP contribution in [-0.4, -0.2) is 5.78 Å². The Bertz CT molecular complexity index is 404. The summed E-state index contributed by atoms with van der Waals surface area (Å²) in [6.45, 7) is 4.42. The minimum atomic E-state index is 0.320. The van der Waals surface area contributed by atoms with Gasteiger partial charge in [0.25, 0.3) is 0 Å². The van der Waals surface area contributed by atoms with Crippen LogP contribution >= 0.6 is 0 Å². The molecule has 1 aromatic rings. The summed E-state index contributed by atoms with van der Waals surface area (Å²) < 4.78 is 0. The molecule has 0 radical (unpaired) electrons. The maximum atomic E-state index is 12.0. The lowest BCUT2D eigenvalue weighted by atomic mass is 9.99. The van der Waals surface area contributed by atoms with E-state index >= 15 is 0 Å². The van der Waals surface area contributed by atoms with Crippen LogP contribution in [0.4, 0.5) is 0 Å². The third-order valence-electron chi connectivity index (χ3n) is 3.61. The molecule has 0 spiro atoms. The monoisotopic (exact) mass is 230 g/mol. The van der Waals surface area contributed by atoms with Crippen molar-refractivity contribution in [2.45, 2.75) is 52.4 Å². The number of ketones is 1. The Morgan fingerprint density at radius 1 is 1.24 bits per heavy atom. The van der Waals surface area contributed by atoms with Crippen molar-refractivity contribution in [3.05, 3.63) is 34.9 Å². The summed E-state index contributed by atoms with van der Waals surface area (Å²) in [4.78, 5) is 12.0. The highest BCUT2D eigenvalue weighted by molar-refractivity contribution is 5.96. The van der Waals surface area contributed by atoms with Crippen molar-refractivity contribution < 1.29 is 4.79 Å². The van der Waals surface area contributed by atoms with Crippen LogP contribution in [0.15, 0.2) is 18.2 Å². The average Bonchev–Trinajstić information content (AvgIpc) is 2.75. The van der Waals surface area contributed by atoms with E-state index in [1.807, 2.05) is 6.07 Å². The predicted molar refractivity (Wildman–Crippen MR) is 71.5 cm³/mol. The Labute approximate surface area is 104 Å². The molecule has 0 unspecified atom stereocenters. The fraction of sp³-hybridized carbons (Fsp3) is 0.562. The van der Waals surface area contributed by atoms with Gasteiger partial charge in [-0.2, -0.15) is 0 Å². The van der Waals surface area contributed by atoms with Crippen LogP contribution < -0.4 is 0 Å². The van der Waals surface area contributed by atoms with E-state index in [0.717, 1.165) is 24.8 Å². The number of hydrogen-bond donors (Lipinski definition) is 0. The van der Waals surface area contributed by atoms with E-state index in [0.29, 0.717) is 18.1 Å². The first-order valence-corrected chi connectivity index (χ1v) is 6.82. The molecule has 1 aromatic carbocycles. The largest absolute Gasteiger partial charge is 0.294 e. The van der Waals surface area contributed by atoms with Gasteiger partial charge in [0.15, 0.2) is 5.78 Å². The Hall–Kier alpha value is -1.11. The number of benzene rings is 1. The van der Waals surface area contributed by atoms with Gasteiger partial charge in [-0.15, -0.1) is 0 Å². The van der Waals surface area contributed by atoms with Gasteiger partial charge in [0.05, 0.1) is 0 Å². The van der Waals surface area contributed by atoms with Crippen LogP contribution in [0.2, 0.25) is 0 Å². The first kappa shape index (κ1) is 12.3. The molecule has 0 atom stereocenters. The molecule has 0 heterocycles. The highest BCUT2D eigenvalue weighted by Crippen LogP contribution is 2.23. The highest BCUT2D eigenvalue weighted by atomic mass is 16.1. The molecule has 0 amide bonds. The third kappa shape index (κ3) is 3.18. The van der Waals surface area contributed by atoms with Crippen LogP contribution in [0.5, 0.6) is 0 Å². The molecule has 1 heteroatoms. The maximum Gasteiger partial charge on any atom is 0.162 e. The molecule has 0 aromatic heterocycles. The third-order valence-corrected chi connectivity index (χ3v) is 3.61. The molecular formula is C16H22O. The fourth-order valence-electron chi connectivity index (χ4n) is 2.56. The summed E-state index contributed by atoms with van der Waals surface area (Å²) in [6.07, 6.45) is 6.47. The van der Waals surface area contributed by atoms with Crippen LogP contribution in [0.25, 0.3) is 0 Å². The number of rotatable bonds is 5. The van der Waals surface area contributed by atoms with E-state index in [4.69, 9.17) is 0 Å². The SMILES string of the molecule is CC(C)CCCC(=O)c1ccc2c(c1)CCC2. The Balaban J connectivity index is 1.95. The zero-order valence-corrected chi connectivity index (χ0v) is 11.0. The molecule has 0 saturated carbocycles. The molecule has 1 nitrogen and oxygen atoms in total. The van der Waals surface area contributed by atoms with Crippen LogP contribution in [0.3, 0.4) is 0 Å². The van der Waals surface area contributed by atoms with E-state index in [2.05, 4.69) is 26.0 Å². The molecule has 2 rings (SSSR count). The second kappa shape index (κ2) is 5.48. The molecular weight excluding hydrogens is 208 g/mol. The lowest BCUT2D eigenvalue weighted by Crippen LogP contribution is -2.01. The molecule has 1 aliphatic rings. The molecule has 92 valence electrons. The van der Waals surface area contributed by atoms with Crippen molar-refractivity contribution in [3.8, 4) is 0 Å². The number of Topliss-reactive ketones (excluding diaryl/α,β-unsaturated/α-hetero) is 1.